The number of amides is 1. The second-order valence-corrected chi connectivity index (χ2v) is 11.1. The first-order chi connectivity index (χ1) is 15.9. The van der Waals surface area contributed by atoms with E-state index in [0.717, 1.165) is 39.9 Å². The Kier molecular flexibility index (Phi) is 5.28. The van der Waals surface area contributed by atoms with Gasteiger partial charge in [0.2, 0.25) is 5.91 Å². The minimum atomic E-state index is -0.300. The number of hydrogen-bond acceptors (Lipinski definition) is 5. The molecular formula is C26H35N5O3. The predicted molar refractivity (Wildman–Crippen MR) is 131 cm³/mol. The van der Waals surface area contributed by atoms with Gasteiger partial charge in [-0.25, -0.2) is 0 Å². The van der Waals surface area contributed by atoms with Gasteiger partial charge < -0.3 is 14.8 Å². The molecule has 2 fully saturated rings. The number of fused-ring (bicyclic) bond motifs is 1. The number of rotatable bonds is 5. The van der Waals surface area contributed by atoms with Gasteiger partial charge in [-0.15, -0.1) is 0 Å². The monoisotopic (exact) mass is 465 g/mol. The van der Waals surface area contributed by atoms with E-state index in [9.17, 15) is 4.79 Å². The summed E-state index contributed by atoms with van der Waals surface area (Å²) in [4.78, 5) is 11.7. The molecule has 8 nitrogen and oxygen atoms in total. The third kappa shape index (κ3) is 3.98. The van der Waals surface area contributed by atoms with E-state index in [1.165, 1.54) is 0 Å². The lowest BCUT2D eigenvalue weighted by molar-refractivity contribution is -0.119. The van der Waals surface area contributed by atoms with Crippen molar-refractivity contribution in [2.45, 2.75) is 77.7 Å². The van der Waals surface area contributed by atoms with Crippen molar-refractivity contribution in [2.75, 3.05) is 6.54 Å². The summed E-state index contributed by atoms with van der Waals surface area (Å²) in [6, 6.07) is 4.33. The molecule has 0 radical (unpaired) electrons. The molecule has 3 atom stereocenters. The SMILES string of the molecule is Cc1c2c(OC(C)[C@H]3CNC(=O)C3)cc(-c3cnn(C4CC(C)(C)OC4(C)C)c3)cc2nn1C. The molecule has 0 spiro atoms. The Bertz CT molecular complexity index is 1250. The van der Waals surface area contributed by atoms with Gasteiger partial charge in [0.15, 0.2) is 0 Å². The van der Waals surface area contributed by atoms with Crippen LogP contribution in [-0.2, 0) is 16.6 Å². The molecular weight excluding hydrogens is 430 g/mol. The largest absolute Gasteiger partial charge is 0.490 e. The highest BCUT2D eigenvalue weighted by Gasteiger charge is 2.47. The summed E-state index contributed by atoms with van der Waals surface area (Å²) in [5, 5.41) is 13.4. The fourth-order valence-electron chi connectivity index (χ4n) is 5.56. The highest BCUT2D eigenvalue weighted by atomic mass is 16.5. The number of nitrogens with one attached hydrogen (secondary N) is 1. The van der Waals surface area contributed by atoms with E-state index in [1.807, 2.05) is 29.5 Å². The average Bonchev–Trinajstić information content (AvgIpc) is 3.48. The highest BCUT2D eigenvalue weighted by Crippen LogP contribution is 2.45. The maximum Gasteiger partial charge on any atom is 0.220 e. The molecule has 2 aliphatic heterocycles. The number of aromatic nitrogens is 4. The molecule has 2 aliphatic rings. The molecule has 8 heteroatoms. The lowest BCUT2D eigenvalue weighted by atomic mass is 9.94. The van der Waals surface area contributed by atoms with Crippen LogP contribution in [0.25, 0.3) is 22.0 Å². The highest BCUT2D eigenvalue weighted by molar-refractivity contribution is 5.92. The Morgan fingerprint density at radius 2 is 2.00 bits per heavy atom. The second-order valence-electron chi connectivity index (χ2n) is 11.1. The fraction of sp³-hybridized carbons (Fsp3) is 0.577. The van der Waals surface area contributed by atoms with Crippen LogP contribution in [-0.4, -0.2) is 49.3 Å². The number of aryl methyl sites for hydroxylation is 2. The van der Waals surface area contributed by atoms with Gasteiger partial charge in [0.25, 0.3) is 0 Å². The molecule has 1 amide bonds. The molecule has 2 unspecified atom stereocenters. The summed E-state index contributed by atoms with van der Waals surface area (Å²) in [7, 11) is 1.95. The van der Waals surface area contributed by atoms with Crippen molar-refractivity contribution in [1.82, 2.24) is 24.9 Å². The Labute approximate surface area is 200 Å². The van der Waals surface area contributed by atoms with E-state index >= 15 is 0 Å². The van der Waals surface area contributed by atoms with E-state index in [4.69, 9.17) is 19.7 Å². The molecule has 34 heavy (non-hydrogen) atoms. The molecule has 2 aromatic heterocycles. The Balaban J connectivity index is 1.51. The number of nitrogens with zero attached hydrogens (tertiary/aromatic N) is 4. The Morgan fingerprint density at radius 1 is 1.24 bits per heavy atom. The topological polar surface area (TPSA) is 83.2 Å². The van der Waals surface area contributed by atoms with Crippen molar-refractivity contribution < 1.29 is 14.3 Å². The number of hydrogen-bond donors (Lipinski definition) is 1. The summed E-state index contributed by atoms with van der Waals surface area (Å²) in [5.41, 5.74) is 3.48. The first-order valence-electron chi connectivity index (χ1n) is 12.1. The summed E-state index contributed by atoms with van der Waals surface area (Å²) in [6.45, 7) is 13.3. The Hall–Kier alpha value is -2.87. The fourth-order valence-corrected chi connectivity index (χ4v) is 5.56. The van der Waals surface area contributed by atoms with Gasteiger partial charge in [-0.1, -0.05) is 0 Å². The first-order valence-corrected chi connectivity index (χ1v) is 12.1. The van der Waals surface area contributed by atoms with Crippen molar-refractivity contribution >= 4 is 16.8 Å². The maximum atomic E-state index is 11.7. The van der Waals surface area contributed by atoms with Crippen molar-refractivity contribution in [3.05, 3.63) is 30.2 Å². The van der Waals surface area contributed by atoms with Gasteiger partial charge in [0, 0.05) is 49.8 Å². The van der Waals surface area contributed by atoms with E-state index in [2.05, 4.69) is 58.3 Å². The molecule has 3 aromatic rings. The van der Waals surface area contributed by atoms with Crippen molar-refractivity contribution in [3.63, 3.8) is 0 Å². The van der Waals surface area contributed by atoms with E-state index in [1.54, 1.807) is 0 Å². The van der Waals surface area contributed by atoms with Crippen LogP contribution in [0, 0.1) is 12.8 Å². The molecule has 4 heterocycles. The molecule has 182 valence electrons. The third-order valence-electron chi connectivity index (χ3n) is 7.45. The van der Waals surface area contributed by atoms with Crippen LogP contribution >= 0.6 is 0 Å². The van der Waals surface area contributed by atoms with Crippen LogP contribution in [0.4, 0.5) is 0 Å². The summed E-state index contributed by atoms with van der Waals surface area (Å²) in [6.07, 6.45) is 5.31. The zero-order chi connectivity index (χ0) is 24.4. The van der Waals surface area contributed by atoms with Crippen LogP contribution < -0.4 is 10.1 Å². The van der Waals surface area contributed by atoms with Crippen molar-refractivity contribution in [1.29, 1.82) is 0 Å². The zero-order valence-electron chi connectivity index (χ0n) is 21.2. The summed E-state index contributed by atoms with van der Waals surface area (Å²) < 4.78 is 16.7. The molecule has 5 rings (SSSR count). The minimum Gasteiger partial charge on any atom is -0.490 e. The minimum absolute atomic E-state index is 0.0892. The smallest absolute Gasteiger partial charge is 0.220 e. The van der Waals surface area contributed by atoms with Crippen LogP contribution in [0.1, 0.15) is 59.2 Å². The number of benzene rings is 1. The van der Waals surface area contributed by atoms with Gasteiger partial charge in [-0.2, -0.15) is 10.2 Å². The molecule has 1 aromatic carbocycles. The first kappa shape index (κ1) is 22.9. The molecule has 1 N–H and O–H groups in total. The number of carbonyl (C=O) groups is 1. The maximum absolute atomic E-state index is 11.7. The molecule has 0 aliphatic carbocycles. The van der Waals surface area contributed by atoms with Gasteiger partial charge in [0.1, 0.15) is 11.9 Å². The number of carbonyl (C=O) groups excluding carboxylic acids is 1. The van der Waals surface area contributed by atoms with E-state index < -0.39 is 0 Å². The zero-order valence-corrected chi connectivity index (χ0v) is 21.2. The van der Waals surface area contributed by atoms with Crippen molar-refractivity contribution in [3.8, 4) is 16.9 Å². The summed E-state index contributed by atoms with van der Waals surface area (Å²) >= 11 is 0. The predicted octanol–water partition coefficient (Wildman–Crippen LogP) is 4.17. The third-order valence-corrected chi connectivity index (χ3v) is 7.45. The van der Waals surface area contributed by atoms with Crippen molar-refractivity contribution in [2.24, 2.45) is 13.0 Å². The van der Waals surface area contributed by atoms with E-state index in [-0.39, 0.29) is 35.2 Å². The molecule has 0 bridgehead atoms. The summed E-state index contributed by atoms with van der Waals surface area (Å²) in [5.74, 6) is 1.04. The lowest BCUT2D eigenvalue weighted by Gasteiger charge is -2.27. The molecule has 2 saturated heterocycles. The van der Waals surface area contributed by atoms with Crippen LogP contribution in [0.3, 0.4) is 0 Å². The van der Waals surface area contributed by atoms with Crippen LogP contribution in [0.15, 0.2) is 24.5 Å². The quantitative estimate of drug-likeness (QED) is 0.612. The van der Waals surface area contributed by atoms with Gasteiger partial charge in [-0.05, 0) is 59.2 Å². The van der Waals surface area contributed by atoms with Gasteiger partial charge in [0.05, 0.1) is 34.3 Å². The van der Waals surface area contributed by atoms with Gasteiger partial charge in [-0.3, -0.25) is 14.2 Å². The number of ether oxygens (including phenoxy) is 2. The van der Waals surface area contributed by atoms with E-state index in [0.29, 0.717) is 13.0 Å². The van der Waals surface area contributed by atoms with Crippen LogP contribution in [0.2, 0.25) is 0 Å². The van der Waals surface area contributed by atoms with Gasteiger partial charge >= 0.3 is 0 Å². The standard InChI is InChI=1S/C26H35N5O3/c1-15-24-20(29-30(15)7)8-17(9-21(24)33-16(2)18-10-23(32)27-12-18)19-13-28-31(14-19)22-11-25(3,4)34-26(22,5)6/h8-9,13-14,16,18,22H,10-12H2,1-7H3,(H,27,32)/t16?,18-,22?/m1/s1. The Morgan fingerprint density at radius 3 is 2.65 bits per heavy atom. The molecule has 0 saturated carbocycles. The van der Waals surface area contributed by atoms with Crippen LogP contribution in [0.5, 0.6) is 5.75 Å². The second kappa shape index (κ2) is 7.83. The normalized spacial score (nSPS) is 24.5. The average molecular weight is 466 g/mol. The lowest BCUT2D eigenvalue weighted by Crippen LogP contribution is -2.31.